The highest BCUT2D eigenvalue weighted by Crippen LogP contribution is 2.22. The molecular formula is C58H62Br2N8O5. The van der Waals surface area contributed by atoms with E-state index in [1.54, 1.807) is 58.8 Å². The number of halogens is 2. The normalized spacial score (nSPS) is 15.2. The number of hydrogen-bond acceptors (Lipinski definition) is 11. The van der Waals surface area contributed by atoms with Gasteiger partial charge in [0, 0.05) is 63.0 Å². The molecule has 0 saturated heterocycles. The summed E-state index contributed by atoms with van der Waals surface area (Å²) < 4.78 is 10.1. The van der Waals surface area contributed by atoms with Gasteiger partial charge in [0.05, 0.1) is 18.0 Å². The second kappa shape index (κ2) is 29.6. The maximum absolute atomic E-state index is 12.8. The SMILES string of the molecule is C#Cc1ccccn1.CCOC(=O)C1CCCCCCC1=O.Nc1cc(Br)ccn1.O=c1c2c(nc3cc(Br)ccn13)CCCCCC2.O=c1c2c(nc3cc(C#Cc4ccccn4)ccn13)CCCCCC2. The minimum absolute atomic E-state index is 0.0724. The molecule has 7 aromatic heterocycles. The Labute approximate surface area is 444 Å². The van der Waals surface area contributed by atoms with Crippen molar-refractivity contribution < 1.29 is 14.3 Å². The summed E-state index contributed by atoms with van der Waals surface area (Å²) in [5.41, 5.74) is 13.0. The van der Waals surface area contributed by atoms with E-state index in [1.165, 1.54) is 25.7 Å². The first-order valence-corrected chi connectivity index (χ1v) is 26.7. The number of fused-ring (bicyclic) bond motifs is 4. The number of terminal acetylenes is 1. The Morgan fingerprint density at radius 1 is 0.644 bits per heavy atom. The molecule has 1 saturated carbocycles. The number of carbonyl (C=O) groups excluding carboxylic acids is 2. The van der Waals surface area contributed by atoms with Crippen LogP contribution in [0.5, 0.6) is 0 Å². The zero-order valence-electron chi connectivity index (χ0n) is 41.4. The quantitative estimate of drug-likeness (QED) is 0.0990. The van der Waals surface area contributed by atoms with E-state index in [1.807, 2.05) is 60.7 Å². The first-order chi connectivity index (χ1) is 35.5. The van der Waals surface area contributed by atoms with Gasteiger partial charge < -0.3 is 10.5 Å². The molecule has 7 aromatic rings. The number of aryl methyl sites for hydroxylation is 2. The Balaban J connectivity index is 0.000000159. The molecule has 3 aliphatic rings. The van der Waals surface area contributed by atoms with Gasteiger partial charge in [0.15, 0.2) is 0 Å². The Bertz CT molecular complexity index is 3140. The van der Waals surface area contributed by atoms with Gasteiger partial charge in [0.2, 0.25) is 0 Å². The maximum atomic E-state index is 12.8. The van der Waals surface area contributed by atoms with Crippen LogP contribution in [0.15, 0.2) is 122 Å². The van der Waals surface area contributed by atoms with Gasteiger partial charge in [-0.2, -0.15) is 0 Å². The molecule has 0 aliphatic heterocycles. The van der Waals surface area contributed by atoms with E-state index < -0.39 is 5.92 Å². The number of Topliss-reactive ketones (excluding diaryl/α,β-unsaturated/α-hetero) is 1. The van der Waals surface area contributed by atoms with E-state index in [0.29, 0.717) is 36.6 Å². The smallest absolute Gasteiger partial charge is 0.316 e. The van der Waals surface area contributed by atoms with E-state index in [2.05, 4.69) is 69.6 Å². The number of nitrogens with two attached hydrogens (primary N) is 1. The number of nitrogen functional groups attached to an aromatic ring is 1. The van der Waals surface area contributed by atoms with Crippen molar-refractivity contribution in [1.82, 2.24) is 33.7 Å². The number of aromatic nitrogens is 7. The van der Waals surface area contributed by atoms with Crippen LogP contribution in [0.4, 0.5) is 5.82 Å². The number of hydrogen-bond donors (Lipinski definition) is 1. The van der Waals surface area contributed by atoms with Crippen LogP contribution in [0.25, 0.3) is 11.3 Å². The molecule has 0 amide bonds. The summed E-state index contributed by atoms with van der Waals surface area (Å²) in [4.78, 5) is 69.6. The molecule has 15 heteroatoms. The summed E-state index contributed by atoms with van der Waals surface area (Å²) in [6, 6.07) is 22.3. The van der Waals surface area contributed by atoms with Gasteiger partial charge in [-0.3, -0.25) is 28.0 Å². The summed E-state index contributed by atoms with van der Waals surface area (Å²) in [6.45, 7) is 2.13. The largest absolute Gasteiger partial charge is 0.465 e. The molecule has 1 unspecified atom stereocenters. The molecule has 378 valence electrons. The summed E-state index contributed by atoms with van der Waals surface area (Å²) in [5, 5.41) is 0. The zero-order valence-corrected chi connectivity index (χ0v) is 44.6. The number of ketones is 1. The lowest BCUT2D eigenvalue weighted by molar-refractivity contribution is -0.152. The third-order valence-corrected chi connectivity index (χ3v) is 13.3. The van der Waals surface area contributed by atoms with Crippen LogP contribution in [0.2, 0.25) is 0 Å². The van der Waals surface area contributed by atoms with E-state index in [4.69, 9.17) is 21.9 Å². The van der Waals surface area contributed by atoms with Gasteiger partial charge >= 0.3 is 5.97 Å². The Kier molecular flexibility index (Phi) is 22.5. The van der Waals surface area contributed by atoms with Gasteiger partial charge in [-0.15, -0.1) is 6.42 Å². The van der Waals surface area contributed by atoms with Gasteiger partial charge in [0.25, 0.3) is 11.1 Å². The molecule has 0 radical (unpaired) electrons. The van der Waals surface area contributed by atoms with Crippen LogP contribution in [0.1, 0.15) is 136 Å². The van der Waals surface area contributed by atoms with E-state index in [-0.39, 0.29) is 22.9 Å². The number of anilines is 1. The molecule has 73 heavy (non-hydrogen) atoms. The molecule has 13 nitrogen and oxygen atoms in total. The minimum atomic E-state index is -0.477. The van der Waals surface area contributed by atoms with Gasteiger partial charge in [0.1, 0.15) is 40.2 Å². The fourth-order valence-electron chi connectivity index (χ4n) is 8.58. The molecule has 0 spiro atoms. The Morgan fingerprint density at radius 2 is 1.19 bits per heavy atom. The minimum Gasteiger partial charge on any atom is -0.465 e. The lowest BCUT2D eigenvalue weighted by Gasteiger charge is -2.16. The predicted molar refractivity (Wildman–Crippen MR) is 294 cm³/mol. The molecule has 0 aromatic carbocycles. The first-order valence-electron chi connectivity index (χ1n) is 25.2. The third-order valence-electron chi connectivity index (χ3n) is 12.3. The summed E-state index contributed by atoms with van der Waals surface area (Å²) >= 11 is 6.67. The fourth-order valence-corrected chi connectivity index (χ4v) is 9.25. The van der Waals surface area contributed by atoms with Crippen molar-refractivity contribution in [2.75, 3.05) is 12.3 Å². The number of ether oxygens (including phenoxy) is 1. The predicted octanol–water partition coefficient (Wildman–Crippen LogP) is 10.8. The van der Waals surface area contributed by atoms with Crippen molar-refractivity contribution in [3.05, 3.63) is 173 Å². The van der Waals surface area contributed by atoms with Gasteiger partial charge in [-0.1, -0.05) is 101 Å². The van der Waals surface area contributed by atoms with Crippen LogP contribution >= 0.6 is 31.9 Å². The lowest BCUT2D eigenvalue weighted by Crippen LogP contribution is -2.27. The summed E-state index contributed by atoms with van der Waals surface area (Å²) in [5.74, 6) is 8.38. The number of pyridine rings is 5. The Morgan fingerprint density at radius 3 is 1.73 bits per heavy atom. The van der Waals surface area contributed by atoms with Gasteiger partial charge in [-0.25, -0.2) is 24.9 Å². The molecule has 1 atom stereocenters. The van der Waals surface area contributed by atoms with Crippen LogP contribution in [-0.2, 0) is 40.0 Å². The van der Waals surface area contributed by atoms with Crippen molar-refractivity contribution >= 4 is 60.7 Å². The highest BCUT2D eigenvalue weighted by Gasteiger charge is 2.27. The van der Waals surface area contributed by atoms with Crippen molar-refractivity contribution in [2.24, 2.45) is 5.92 Å². The van der Waals surface area contributed by atoms with Crippen molar-refractivity contribution in [2.45, 2.75) is 122 Å². The molecule has 7 heterocycles. The number of rotatable bonds is 2. The highest BCUT2D eigenvalue weighted by atomic mass is 79.9. The zero-order chi connectivity index (χ0) is 51.8. The van der Waals surface area contributed by atoms with Crippen LogP contribution in [0, 0.1) is 30.1 Å². The highest BCUT2D eigenvalue weighted by molar-refractivity contribution is 9.10. The monoisotopic (exact) mass is 1110 g/mol. The molecule has 0 bridgehead atoms. The van der Waals surface area contributed by atoms with E-state index >= 15 is 0 Å². The second-order valence-electron chi connectivity index (χ2n) is 17.7. The Hall–Kier alpha value is -6.81. The second-order valence-corrected chi connectivity index (χ2v) is 19.5. The molecule has 3 aliphatic carbocycles. The van der Waals surface area contributed by atoms with Crippen molar-refractivity contribution in [3.63, 3.8) is 0 Å². The standard InChI is InChI=1S/C21H19N3O.C14H15BrN2O.C11H18O3.C7H5N.C5H5BrN2/c25-21-18-8-3-1-2-4-9-19(18)23-20-15-16(12-14-24(20)21)10-11-17-7-5-6-13-22-17;15-10-7-8-17-13(9-10)16-12-6-4-2-1-3-5-11(12)14(17)18;1-2-14-11(13)9-7-5-3-4-6-8-10(9)12;1-2-7-5-3-4-6-8-7;6-4-1-2-8-5(7)3-4/h5-7,12-15H,1-4,8-9H2;7-9H,1-6H2;9H,2-8H2,1H3;1,3-6H;1-3H,(H2,7,8). The topological polar surface area (TPSA) is 177 Å². The summed E-state index contributed by atoms with van der Waals surface area (Å²) in [7, 11) is 0. The average molecular weight is 1110 g/mol. The third kappa shape index (κ3) is 17.4. The van der Waals surface area contributed by atoms with Crippen molar-refractivity contribution in [1.29, 1.82) is 0 Å². The number of nitrogens with zero attached hydrogens (tertiary/aromatic N) is 7. The number of esters is 1. The molecule has 1 fully saturated rings. The fraction of sp³-hybridized carbons (Fsp3) is 0.362. The number of carbonyl (C=O) groups is 2. The van der Waals surface area contributed by atoms with E-state index in [9.17, 15) is 19.2 Å². The molecule has 10 rings (SSSR count). The molecular weight excluding hydrogens is 1050 g/mol. The van der Waals surface area contributed by atoms with E-state index in [0.717, 1.165) is 125 Å². The van der Waals surface area contributed by atoms with Crippen LogP contribution < -0.4 is 16.9 Å². The van der Waals surface area contributed by atoms with Gasteiger partial charge in [-0.05, 0) is 138 Å². The maximum Gasteiger partial charge on any atom is 0.316 e. The average Bonchev–Trinajstić information content (AvgIpc) is 3.37. The lowest BCUT2D eigenvalue weighted by atomic mass is 9.90. The molecule has 2 N–H and O–H groups in total. The van der Waals surface area contributed by atoms with Crippen LogP contribution in [-0.4, -0.2) is 52.1 Å². The summed E-state index contributed by atoms with van der Waals surface area (Å²) in [6.07, 6.45) is 31.9. The van der Waals surface area contributed by atoms with Crippen molar-refractivity contribution in [3.8, 4) is 24.2 Å². The van der Waals surface area contributed by atoms with Crippen LogP contribution in [0.3, 0.4) is 0 Å². The first kappa shape index (κ1) is 55.5.